The highest BCUT2D eigenvalue weighted by atomic mass is 16.5. The fourth-order valence-corrected chi connectivity index (χ4v) is 2.97. The van der Waals surface area contributed by atoms with Crippen molar-refractivity contribution in [3.05, 3.63) is 70.8 Å². The van der Waals surface area contributed by atoms with Crippen molar-refractivity contribution in [1.29, 1.82) is 0 Å². The lowest BCUT2D eigenvalue weighted by molar-refractivity contribution is 0.269. The standard InChI is InChI=1S/C22H20O5/c1-15-4-6-16(7-5-15)24-11-2-3-12-26-22-17-8-9-21(23)27-20(17)14-19-18(22)10-13-25-19/h4-10,13-14H,2-3,11-12H2,1H3. The van der Waals surface area contributed by atoms with Crippen LogP contribution in [-0.4, -0.2) is 13.2 Å². The van der Waals surface area contributed by atoms with Gasteiger partial charge in [0.2, 0.25) is 0 Å². The van der Waals surface area contributed by atoms with Crippen LogP contribution in [0.25, 0.3) is 21.9 Å². The molecule has 4 rings (SSSR count). The topological polar surface area (TPSA) is 61.8 Å². The summed E-state index contributed by atoms with van der Waals surface area (Å²) in [6.07, 6.45) is 3.32. The van der Waals surface area contributed by atoms with Gasteiger partial charge >= 0.3 is 5.63 Å². The molecule has 5 nitrogen and oxygen atoms in total. The molecule has 2 aromatic carbocycles. The predicted octanol–water partition coefficient (Wildman–Crippen LogP) is 5.09. The lowest BCUT2D eigenvalue weighted by Gasteiger charge is -2.10. The van der Waals surface area contributed by atoms with Gasteiger partial charge in [0.15, 0.2) is 0 Å². The van der Waals surface area contributed by atoms with Crippen LogP contribution in [0.1, 0.15) is 18.4 Å². The Morgan fingerprint density at radius 2 is 1.59 bits per heavy atom. The summed E-state index contributed by atoms with van der Waals surface area (Å²) in [4.78, 5) is 11.5. The first-order valence-electron chi connectivity index (χ1n) is 8.97. The van der Waals surface area contributed by atoms with E-state index >= 15 is 0 Å². The minimum atomic E-state index is -0.396. The van der Waals surface area contributed by atoms with Crippen molar-refractivity contribution >= 4 is 21.9 Å². The van der Waals surface area contributed by atoms with Crippen molar-refractivity contribution in [2.75, 3.05) is 13.2 Å². The van der Waals surface area contributed by atoms with Crippen molar-refractivity contribution in [3.63, 3.8) is 0 Å². The van der Waals surface area contributed by atoms with Gasteiger partial charge in [-0.3, -0.25) is 0 Å². The quantitative estimate of drug-likeness (QED) is 0.338. The Hall–Kier alpha value is -3.21. The van der Waals surface area contributed by atoms with Crippen molar-refractivity contribution in [1.82, 2.24) is 0 Å². The number of benzene rings is 2. The molecule has 4 aromatic rings. The summed E-state index contributed by atoms with van der Waals surface area (Å²) in [6.45, 7) is 3.23. The second-order valence-corrected chi connectivity index (χ2v) is 6.42. The van der Waals surface area contributed by atoms with Crippen molar-refractivity contribution in [2.45, 2.75) is 19.8 Å². The Morgan fingerprint density at radius 1 is 0.852 bits per heavy atom. The second-order valence-electron chi connectivity index (χ2n) is 6.42. The van der Waals surface area contributed by atoms with E-state index < -0.39 is 5.63 Å². The van der Waals surface area contributed by atoms with E-state index in [1.807, 2.05) is 30.3 Å². The Balaban J connectivity index is 1.38. The molecule has 0 saturated carbocycles. The first kappa shape index (κ1) is 17.2. The molecule has 0 spiro atoms. The minimum Gasteiger partial charge on any atom is -0.494 e. The lowest BCUT2D eigenvalue weighted by atomic mass is 10.1. The van der Waals surface area contributed by atoms with Gasteiger partial charge in [0, 0.05) is 12.1 Å². The molecule has 138 valence electrons. The summed E-state index contributed by atoms with van der Waals surface area (Å²) in [6, 6.07) is 14.7. The first-order chi connectivity index (χ1) is 13.2. The van der Waals surface area contributed by atoms with Crippen molar-refractivity contribution in [3.8, 4) is 11.5 Å². The van der Waals surface area contributed by atoms with Crippen LogP contribution in [-0.2, 0) is 0 Å². The molecular formula is C22H20O5. The van der Waals surface area contributed by atoms with Gasteiger partial charge in [-0.25, -0.2) is 4.79 Å². The van der Waals surface area contributed by atoms with Crippen molar-refractivity contribution in [2.24, 2.45) is 0 Å². The van der Waals surface area contributed by atoms with Gasteiger partial charge in [-0.15, -0.1) is 0 Å². The summed E-state index contributed by atoms with van der Waals surface area (Å²) in [7, 11) is 0. The smallest absolute Gasteiger partial charge is 0.336 e. The van der Waals surface area contributed by atoms with Gasteiger partial charge in [0.05, 0.1) is 30.2 Å². The SMILES string of the molecule is Cc1ccc(OCCCCOc2c3ccoc3cc3oc(=O)ccc23)cc1. The van der Waals surface area contributed by atoms with Gasteiger partial charge in [-0.05, 0) is 44.0 Å². The van der Waals surface area contributed by atoms with E-state index in [9.17, 15) is 4.79 Å². The van der Waals surface area contributed by atoms with Gasteiger partial charge in [-0.1, -0.05) is 17.7 Å². The third-order valence-electron chi connectivity index (χ3n) is 4.38. The van der Waals surface area contributed by atoms with E-state index in [1.165, 1.54) is 11.6 Å². The third-order valence-corrected chi connectivity index (χ3v) is 4.38. The maximum Gasteiger partial charge on any atom is 0.336 e. The monoisotopic (exact) mass is 364 g/mol. The highest BCUT2D eigenvalue weighted by molar-refractivity contribution is 6.01. The van der Waals surface area contributed by atoms with Crippen LogP contribution in [0.15, 0.2) is 68.4 Å². The Bertz CT molecular complexity index is 1110. The first-order valence-corrected chi connectivity index (χ1v) is 8.97. The number of fused-ring (bicyclic) bond motifs is 2. The number of ether oxygens (including phenoxy) is 2. The normalized spacial score (nSPS) is 11.1. The molecule has 0 atom stereocenters. The van der Waals surface area contributed by atoms with E-state index in [0.717, 1.165) is 29.4 Å². The van der Waals surface area contributed by atoms with Crippen molar-refractivity contribution < 1.29 is 18.3 Å². The average Bonchev–Trinajstić information content (AvgIpc) is 3.13. The lowest BCUT2D eigenvalue weighted by Crippen LogP contribution is -2.03. The van der Waals surface area contributed by atoms with Crippen LogP contribution in [0.5, 0.6) is 11.5 Å². The molecular weight excluding hydrogens is 344 g/mol. The molecule has 0 amide bonds. The van der Waals surface area contributed by atoms with Gasteiger partial charge < -0.3 is 18.3 Å². The molecule has 0 saturated heterocycles. The van der Waals surface area contributed by atoms with E-state index in [4.69, 9.17) is 18.3 Å². The van der Waals surface area contributed by atoms with E-state index in [0.29, 0.717) is 30.1 Å². The number of aryl methyl sites for hydroxylation is 1. The fourth-order valence-electron chi connectivity index (χ4n) is 2.97. The molecule has 2 aromatic heterocycles. The maximum atomic E-state index is 11.5. The van der Waals surface area contributed by atoms with Gasteiger partial charge in [0.25, 0.3) is 0 Å². The highest BCUT2D eigenvalue weighted by Crippen LogP contribution is 2.35. The van der Waals surface area contributed by atoms with E-state index in [1.54, 1.807) is 18.4 Å². The van der Waals surface area contributed by atoms with E-state index in [-0.39, 0.29) is 0 Å². The number of hydrogen-bond acceptors (Lipinski definition) is 5. The zero-order valence-electron chi connectivity index (χ0n) is 15.1. The molecule has 0 fully saturated rings. The zero-order chi connectivity index (χ0) is 18.6. The van der Waals surface area contributed by atoms with Crippen LogP contribution in [0.2, 0.25) is 0 Å². The number of unbranched alkanes of at least 4 members (excludes halogenated alkanes) is 1. The summed E-state index contributed by atoms with van der Waals surface area (Å²) in [5.41, 5.74) is 1.91. The Labute approximate surface area is 156 Å². The van der Waals surface area contributed by atoms with Crippen LogP contribution in [0, 0.1) is 6.92 Å². The second kappa shape index (κ2) is 7.58. The van der Waals surface area contributed by atoms with Gasteiger partial charge in [0.1, 0.15) is 22.7 Å². The van der Waals surface area contributed by atoms with Crippen LogP contribution in [0.4, 0.5) is 0 Å². The molecule has 0 N–H and O–H groups in total. The molecule has 0 aliphatic rings. The molecule has 0 unspecified atom stereocenters. The maximum absolute atomic E-state index is 11.5. The molecule has 0 radical (unpaired) electrons. The van der Waals surface area contributed by atoms with E-state index in [2.05, 4.69) is 6.92 Å². The summed E-state index contributed by atoms with van der Waals surface area (Å²) >= 11 is 0. The summed E-state index contributed by atoms with van der Waals surface area (Å²) in [5.74, 6) is 1.56. The molecule has 2 heterocycles. The third kappa shape index (κ3) is 3.82. The Kier molecular flexibility index (Phi) is 4.83. The molecule has 0 aliphatic carbocycles. The number of hydrogen-bond donors (Lipinski definition) is 0. The number of rotatable bonds is 7. The molecule has 27 heavy (non-hydrogen) atoms. The van der Waals surface area contributed by atoms with Crippen LogP contribution >= 0.6 is 0 Å². The minimum absolute atomic E-state index is 0.396. The summed E-state index contributed by atoms with van der Waals surface area (Å²) < 4.78 is 22.5. The average molecular weight is 364 g/mol. The number of furan rings is 1. The fraction of sp³-hybridized carbons (Fsp3) is 0.227. The zero-order valence-corrected chi connectivity index (χ0v) is 15.1. The highest BCUT2D eigenvalue weighted by Gasteiger charge is 2.13. The molecule has 0 aliphatic heterocycles. The van der Waals surface area contributed by atoms with Crippen LogP contribution in [0.3, 0.4) is 0 Å². The van der Waals surface area contributed by atoms with Crippen LogP contribution < -0.4 is 15.1 Å². The largest absolute Gasteiger partial charge is 0.494 e. The molecule has 5 heteroatoms. The Morgan fingerprint density at radius 3 is 2.41 bits per heavy atom. The summed E-state index contributed by atoms with van der Waals surface area (Å²) in [5, 5.41) is 1.63. The van der Waals surface area contributed by atoms with Gasteiger partial charge in [-0.2, -0.15) is 0 Å². The molecule has 0 bridgehead atoms. The predicted molar refractivity (Wildman–Crippen MR) is 104 cm³/mol.